The van der Waals surface area contributed by atoms with Crippen molar-refractivity contribution in [2.75, 3.05) is 6.61 Å². The van der Waals surface area contributed by atoms with E-state index in [1.54, 1.807) is 13.8 Å². The van der Waals surface area contributed by atoms with E-state index in [4.69, 9.17) is 15.7 Å². The minimum absolute atomic E-state index is 0.0216. The first kappa shape index (κ1) is 15.7. The van der Waals surface area contributed by atoms with Gasteiger partial charge in [0, 0.05) is 5.41 Å². The molecular formula is C12H16FN3O4. The average molecular weight is 285 g/mol. The number of benzene rings is 1. The van der Waals surface area contributed by atoms with E-state index in [0.717, 1.165) is 12.1 Å². The third kappa shape index (κ3) is 3.81. The van der Waals surface area contributed by atoms with E-state index in [1.807, 2.05) is 0 Å². The third-order valence-electron chi connectivity index (χ3n) is 2.90. The van der Waals surface area contributed by atoms with Crippen LogP contribution in [-0.4, -0.2) is 22.6 Å². The van der Waals surface area contributed by atoms with Gasteiger partial charge in [-0.2, -0.15) is 0 Å². The van der Waals surface area contributed by atoms with Crippen molar-refractivity contribution >= 4 is 11.5 Å². The molecule has 1 aromatic rings. The van der Waals surface area contributed by atoms with Gasteiger partial charge >= 0.3 is 5.69 Å². The lowest BCUT2D eigenvalue weighted by atomic mass is 9.88. The lowest BCUT2D eigenvalue weighted by molar-refractivity contribution is -0.386. The molecule has 0 spiro atoms. The van der Waals surface area contributed by atoms with E-state index < -0.39 is 21.8 Å². The molecule has 0 saturated heterocycles. The Labute approximate surface area is 115 Å². The van der Waals surface area contributed by atoms with Crippen molar-refractivity contribution in [2.45, 2.75) is 20.3 Å². The largest absolute Gasteiger partial charge is 0.487 e. The van der Waals surface area contributed by atoms with Gasteiger partial charge in [0.05, 0.1) is 17.6 Å². The van der Waals surface area contributed by atoms with Crippen LogP contribution < -0.4 is 10.5 Å². The third-order valence-corrected chi connectivity index (χ3v) is 2.90. The molecule has 0 amide bonds. The fourth-order valence-electron chi connectivity index (χ4n) is 1.43. The number of oxime groups is 1. The topological polar surface area (TPSA) is 111 Å². The van der Waals surface area contributed by atoms with Gasteiger partial charge in [0.1, 0.15) is 11.7 Å². The standard InChI is InChI=1S/C12H16FN3O4/c1-12(2,11(14)15-17)5-6-20-10-4-3-8(13)7-9(10)16(18)19/h3-4,7,17H,5-6H2,1-2H3,(H2,14,15). The summed E-state index contributed by atoms with van der Waals surface area (Å²) in [4.78, 5) is 10.1. The molecule has 0 atom stereocenters. The van der Waals surface area contributed by atoms with Crippen molar-refractivity contribution in [1.29, 1.82) is 0 Å². The van der Waals surface area contributed by atoms with E-state index in [-0.39, 0.29) is 18.2 Å². The Morgan fingerprint density at radius 1 is 1.60 bits per heavy atom. The lowest BCUT2D eigenvalue weighted by Crippen LogP contribution is -2.33. The van der Waals surface area contributed by atoms with Crippen molar-refractivity contribution in [3.8, 4) is 5.75 Å². The number of nitrogens with zero attached hydrogens (tertiary/aromatic N) is 2. The number of nitro groups is 1. The molecule has 0 fully saturated rings. The van der Waals surface area contributed by atoms with Gasteiger partial charge in [0.25, 0.3) is 0 Å². The monoisotopic (exact) mass is 285 g/mol. The zero-order chi connectivity index (χ0) is 15.3. The highest BCUT2D eigenvalue weighted by atomic mass is 19.1. The predicted octanol–water partition coefficient (Wildman–Crippen LogP) is 2.28. The van der Waals surface area contributed by atoms with Crippen LogP contribution in [0, 0.1) is 21.3 Å². The van der Waals surface area contributed by atoms with Crippen molar-refractivity contribution in [1.82, 2.24) is 0 Å². The van der Waals surface area contributed by atoms with E-state index in [1.165, 1.54) is 6.07 Å². The first-order chi connectivity index (χ1) is 9.27. The van der Waals surface area contributed by atoms with Crippen LogP contribution in [0.25, 0.3) is 0 Å². The molecule has 20 heavy (non-hydrogen) atoms. The van der Waals surface area contributed by atoms with E-state index in [9.17, 15) is 14.5 Å². The van der Waals surface area contributed by atoms with Crippen LogP contribution in [-0.2, 0) is 0 Å². The molecule has 0 heterocycles. The number of rotatable bonds is 6. The van der Waals surface area contributed by atoms with Crippen LogP contribution in [0.1, 0.15) is 20.3 Å². The molecular weight excluding hydrogens is 269 g/mol. The van der Waals surface area contributed by atoms with Crippen molar-refractivity contribution < 1.29 is 19.3 Å². The first-order valence-corrected chi connectivity index (χ1v) is 5.82. The summed E-state index contributed by atoms with van der Waals surface area (Å²) in [5.41, 5.74) is 4.46. The number of hydrogen-bond donors (Lipinski definition) is 2. The molecule has 8 heteroatoms. The molecule has 3 N–H and O–H groups in total. The Hall–Kier alpha value is -2.38. The number of ether oxygens (including phenoxy) is 1. The number of nitrogens with two attached hydrogens (primary N) is 1. The fourth-order valence-corrected chi connectivity index (χ4v) is 1.43. The second-order valence-electron chi connectivity index (χ2n) is 4.84. The van der Waals surface area contributed by atoms with E-state index >= 15 is 0 Å². The Balaban J connectivity index is 2.74. The summed E-state index contributed by atoms with van der Waals surface area (Å²) < 4.78 is 18.2. The maximum absolute atomic E-state index is 13.0. The molecule has 110 valence electrons. The van der Waals surface area contributed by atoms with Gasteiger partial charge in [-0.15, -0.1) is 0 Å². The second-order valence-corrected chi connectivity index (χ2v) is 4.84. The Morgan fingerprint density at radius 2 is 2.25 bits per heavy atom. The minimum Gasteiger partial charge on any atom is -0.487 e. The summed E-state index contributed by atoms with van der Waals surface area (Å²) >= 11 is 0. The summed E-state index contributed by atoms with van der Waals surface area (Å²) in [7, 11) is 0. The van der Waals surface area contributed by atoms with Gasteiger partial charge in [-0.05, 0) is 18.6 Å². The molecule has 0 unspecified atom stereocenters. The Kier molecular flexibility index (Phi) is 4.84. The molecule has 1 aromatic carbocycles. The van der Waals surface area contributed by atoms with Crippen molar-refractivity contribution in [2.24, 2.45) is 16.3 Å². The lowest BCUT2D eigenvalue weighted by Gasteiger charge is -2.22. The zero-order valence-electron chi connectivity index (χ0n) is 11.2. The molecule has 0 bridgehead atoms. The smallest absolute Gasteiger partial charge is 0.313 e. The van der Waals surface area contributed by atoms with Crippen LogP contribution in [0.5, 0.6) is 5.75 Å². The molecule has 1 rings (SSSR count). The predicted molar refractivity (Wildman–Crippen MR) is 70.4 cm³/mol. The zero-order valence-corrected chi connectivity index (χ0v) is 11.2. The van der Waals surface area contributed by atoms with Crippen molar-refractivity contribution in [3.63, 3.8) is 0 Å². The Morgan fingerprint density at radius 3 is 2.80 bits per heavy atom. The molecule has 0 aliphatic carbocycles. The van der Waals surface area contributed by atoms with Gasteiger partial charge < -0.3 is 15.7 Å². The number of halogens is 1. The summed E-state index contributed by atoms with van der Waals surface area (Å²) in [5, 5.41) is 22.3. The molecule has 0 radical (unpaired) electrons. The van der Waals surface area contributed by atoms with Crippen LogP contribution in [0.3, 0.4) is 0 Å². The minimum atomic E-state index is -0.715. The SMILES string of the molecule is CC(C)(CCOc1ccc(F)cc1[N+](=O)[O-])C(N)=NO. The molecule has 0 aliphatic heterocycles. The molecule has 0 saturated carbocycles. The normalized spacial score (nSPS) is 12.2. The maximum Gasteiger partial charge on any atom is 0.313 e. The van der Waals surface area contributed by atoms with Crippen LogP contribution in [0.15, 0.2) is 23.4 Å². The van der Waals surface area contributed by atoms with Crippen LogP contribution in [0.2, 0.25) is 0 Å². The number of amidine groups is 1. The maximum atomic E-state index is 13.0. The van der Waals surface area contributed by atoms with Crippen molar-refractivity contribution in [3.05, 3.63) is 34.1 Å². The Bertz CT molecular complexity index is 531. The van der Waals surface area contributed by atoms with Crippen LogP contribution >= 0.6 is 0 Å². The van der Waals surface area contributed by atoms with Gasteiger partial charge in [0.15, 0.2) is 5.75 Å². The van der Waals surface area contributed by atoms with Gasteiger partial charge in [0.2, 0.25) is 0 Å². The second kappa shape index (κ2) is 6.18. The molecule has 0 aromatic heterocycles. The molecule has 7 nitrogen and oxygen atoms in total. The van der Waals surface area contributed by atoms with Gasteiger partial charge in [-0.25, -0.2) is 4.39 Å². The number of nitro benzene ring substituents is 1. The first-order valence-electron chi connectivity index (χ1n) is 5.82. The summed E-state index contributed by atoms with van der Waals surface area (Å²) in [5.74, 6) is -0.692. The molecule has 0 aliphatic rings. The fraction of sp³-hybridized carbons (Fsp3) is 0.417. The highest BCUT2D eigenvalue weighted by molar-refractivity contribution is 5.85. The summed E-state index contributed by atoms with van der Waals surface area (Å²) in [6.45, 7) is 3.59. The average Bonchev–Trinajstić information content (AvgIpc) is 2.39. The summed E-state index contributed by atoms with van der Waals surface area (Å²) in [6.07, 6.45) is 0.372. The summed E-state index contributed by atoms with van der Waals surface area (Å²) in [6, 6.07) is 3.07. The number of hydrogen-bond acceptors (Lipinski definition) is 5. The van der Waals surface area contributed by atoms with Gasteiger partial charge in [-0.3, -0.25) is 10.1 Å². The highest BCUT2D eigenvalue weighted by Gasteiger charge is 2.24. The highest BCUT2D eigenvalue weighted by Crippen LogP contribution is 2.28. The quantitative estimate of drug-likeness (QED) is 0.274. The van der Waals surface area contributed by atoms with E-state index in [2.05, 4.69) is 5.16 Å². The van der Waals surface area contributed by atoms with Crippen LogP contribution in [0.4, 0.5) is 10.1 Å². The van der Waals surface area contributed by atoms with E-state index in [0.29, 0.717) is 6.42 Å². The van der Waals surface area contributed by atoms with Gasteiger partial charge in [-0.1, -0.05) is 19.0 Å².